The Bertz CT molecular complexity index is 145. The molecule has 0 fully saturated rings. The molecule has 0 aromatic carbocycles. The van der Waals surface area contributed by atoms with Gasteiger partial charge in [0.05, 0.1) is 5.82 Å². The van der Waals surface area contributed by atoms with E-state index >= 15 is 0 Å². The maximum absolute atomic E-state index is 5.61. The highest BCUT2D eigenvalue weighted by Gasteiger charge is 2.08. The topological polar surface area (TPSA) is 104 Å². The Hall–Kier alpha value is -0.740. The smallest absolute Gasteiger partial charge is 0.0941 e. The van der Waals surface area contributed by atoms with Crippen LogP contribution >= 0.6 is 0 Å². The maximum Gasteiger partial charge on any atom is 0.0941 e. The van der Waals surface area contributed by atoms with Crippen molar-refractivity contribution in [3.05, 3.63) is 11.4 Å². The molecule has 0 heterocycles. The standard InChI is InChI=1S/C7H18N4/c1-4(8)3-6(5(2)9)7(10)11/h4-5H,3,8-11H2,1-2H3. The Morgan fingerprint density at radius 2 is 1.64 bits per heavy atom. The fourth-order valence-corrected chi connectivity index (χ4v) is 0.914. The summed E-state index contributed by atoms with van der Waals surface area (Å²) in [6.07, 6.45) is 0.667. The molecule has 0 aliphatic rings. The fraction of sp³-hybridized carbons (Fsp3) is 0.714. The third-order valence-electron chi connectivity index (χ3n) is 1.46. The molecule has 4 heteroatoms. The summed E-state index contributed by atoms with van der Waals surface area (Å²) in [5, 5.41) is 0. The first-order chi connectivity index (χ1) is 4.95. The molecule has 0 spiro atoms. The zero-order chi connectivity index (χ0) is 9.02. The van der Waals surface area contributed by atoms with E-state index in [2.05, 4.69) is 0 Å². The second kappa shape index (κ2) is 4.20. The van der Waals surface area contributed by atoms with E-state index in [0.717, 1.165) is 5.57 Å². The van der Waals surface area contributed by atoms with Crippen LogP contribution in [0.15, 0.2) is 11.4 Å². The average molecular weight is 158 g/mol. The molecule has 0 aromatic heterocycles. The minimum absolute atomic E-state index is 0.0538. The van der Waals surface area contributed by atoms with Crippen molar-refractivity contribution in [2.45, 2.75) is 32.4 Å². The summed E-state index contributed by atoms with van der Waals surface area (Å²) in [4.78, 5) is 0. The van der Waals surface area contributed by atoms with Crippen molar-refractivity contribution >= 4 is 0 Å². The normalized spacial score (nSPS) is 15.6. The lowest BCUT2D eigenvalue weighted by molar-refractivity contribution is 0.669. The van der Waals surface area contributed by atoms with Crippen LogP contribution in [0.1, 0.15) is 20.3 Å². The van der Waals surface area contributed by atoms with E-state index in [0.29, 0.717) is 12.2 Å². The maximum atomic E-state index is 5.61. The molecule has 11 heavy (non-hydrogen) atoms. The third kappa shape index (κ3) is 3.85. The first-order valence-electron chi connectivity index (χ1n) is 3.70. The molecule has 0 rings (SSSR count). The van der Waals surface area contributed by atoms with Crippen molar-refractivity contribution in [2.24, 2.45) is 22.9 Å². The summed E-state index contributed by atoms with van der Waals surface area (Å²) in [5.41, 5.74) is 22.8. The van der Waals surface area contributed by atoms with Gasteiger partial charge in [0.15, 0.2) is 0 Å². The largest absolute Gasteiger partial charge is 0.386 e. The predicted octanol–water partition coefficient (Wildman–Crippen LogP) is -0.800. The first kappa shape index (κ1) is 10.3. The van der Waals surface area contributed by atoms with E-state index < -0.39 is 0 Å². The van der Waals surface area contributed by atoms with Crippen molar-refractivity contribution in [3.63, 3.8) is 0 Å². The van der Waals surface area contributed by atoms with Crippen LogP contribution in [0.4, 0.5) is 0 Å². The Labute approximate surface area is 67.6 Å². The molecule has 66 valence electrons. The molecule has 0 amide bonds. The lowest BCUT2D eigenvalue weighted by Crippen LogP contribution is -2.29. The van der Waals surface area contributed by atoms with E-state index in [4.69, 9.17) is 22.9 Å². The SMILES string of the molecule is CC(N)CC(=C(N)N)C(C)N. The van der Waals surface area contributed by atoms with Gasteiger partial charge in [0.2, 0.25) is 0 Å². The molecule has 0 aromatic rings. The van der Waals surface area contributed by atoms with Gasteiger partial charge >= 0.3 is 0 Å². The zero-order valence-corrected chi connectivity index (χ0v) is 7.17. The Morgan fingerprint density at radius 1 is 1.18 bits per heavy atom. The lowest BCUT2D eigenvalue weighted by Gasteiger charge is -2.14. The summed E-state index contributed by atoms with van der Waals surface area (Å²) >= 11 is 0. The molecule has 0 aliphatic heterocycles. The van der Waals surface area contributed by atoms with Crippen LogP contribution in [0, 0.1) is 0 Å². The van der Waals surface area contributed by atoms with Crippen LogP contribution in [-0.4, -0.2) is 12.1 Å². The molecular weight excluding hydrogens is 140 g/mol. The van der Waals surface area contributed by atoms with Crippen molar-refractivity contribution < 1.29 is 0 Å². The fourth-order valence-electron chi connectivity index (χ4n) is 0.914. The number of hydrogen-bond donors (Lipinski definition) is 4. The van der Waals surface area contributed by atoms with Crippen molar-refractivity contribution in [2.75, 3.05) is 0 Å². The second-order valence-electron chi connectivity index (χ2n) is 2.95. The third-order valence-corrected chi connectivity index (χ3v) is 1.46. The van der Waals surface area contributed by atoms with Gasteiger partial charge in [-0.1, -0.05) is 0 Å². The highest BCUT2D eigenvalue weighted by atomic mass is 14.8. The second-order valence-corrected chi connectivity index (χ2v) is 2.95. The summed E-state index contributed by atoms with van der Waals surface area (Å²) in [5.74, 6) is 0.303. The quantitative estimate of drug-likeness (QED) is 0.431. The van der Waals surface area contributed by atoms with Gasteiger partial charge in [-0.3, -0.25) is 0 Å². The van der Waals surface area contributed by atoms with Crippen LogP contribution in [0.5, 0.6) is 0 Å². The van der Waals surface area contributed by atoms with Gasteiger partial charge in [-0.15, -0.1) is 0 Å². The van der Waals surface area contributed by atoms with Crippen LogP contribution < -0.4 is 22.9 Å². The molecule has 2 unspecified atom stereocenters. The van der Waals surface area contributed by atoms with Gasteiger partial charge in [0, 0.05) is 12.1 Å². The highest BCUT2D eigenvalue weighted by Crippen LogP contribution is 2.07. The Kier molecular flexibility index (Phi) is 3.92. The van der Waals surface area contributed by atoms with Gasteiger partial charge in [0.25, 0.3) is 0 Å². The van der Waals surface area contributed by atoms with Gasteiger partial charge < -0.3 is 22.9 Å². The molecule has 0 saturated heterocycles. The Morgan fingerprint density at radius 3 is 1.73 bits per heavy atom. The summed E-state index contributed by atoms with van der Waals surface area (Å²) in [6, 6.07) is -0.0518. The van der Waals surface area contributed by atoms with Gasteiger partial charge in [-0.25, -0.2) is 0 Å². The van der Waals surface area contributed by atoms with Gasteiger partial charge in [0.1, 0.15) is 0 Å². The predicted molar refractivity (Wildman–Crippen MR) is 47.3 cm³/mol. The molecule has 4 nitrogen and oxygen atoms in total. The van der Waals surface area contributed by atoms with Crippen LogP contribution in [0.2, 0.25) is 0 Å². The summed E-state index contributed by atoms with van der Waals surface area (Å²) < 4.78 is 0. The zero-order valence-electron chi connectivity index (χ0n) is 7.17. The summed E-state index contributed by atoms with van der Waals surface area (Å²) in [7, 11) is 0. The number of nitrogens with two attached hydrogens (primary N) is 4. The van der Waals surface area contributed by atoms with Crippen LogP contribution in [0.3, 0.4) is 0 Å². The molecule has 2 atom stereocenters. The minimum Gasteiger partial charge on any atom is -0.386 e. The van der Waals surface area contributed by atoms with Gasteiger partial charge in [-0.2, -0.15) is 0 Å². The molecule has 0 radical (unpaired) electrons. The monoisotopic (exact) mass is 158 g/mol. The lowest BCUT2D eigenvalue weighted by atomic mass is 10.0. The number of hydrogen-bond acceptors (Lipinski definition) is 4. The van der Waals surface area contributed by atoms with E-state index in [9.17, 15) is 0 Å². The van der Waals surface area contributed by atoms with Gasteiger partial charge in [-0.05, 0) is 25.8 Å². The van der Waals surface area contributed by atoms with Crippen LogP contribution in [0.25, 0.3) is 0 Å². The van der Waals surface area contributed by atoms with Crippen molar-refractivity contribution in [3.8, 4) is 0 Å². The number of rotatable bonds is 3. The molecule has 0 bridgehead atoms. The highest BCUT2D eigenvalue weighted by molar-refractivity contribution is 5.14. The molecular formula is C7H18N4. The molecule has 0 saturated carbocycles. The Balaban J connectivity index is 4.26. The van der Waals surface area contributed by atoms with Crippen molar-refractivity contribution in [1.82, 2.24) is 0 Å². The first-order valence-corrected chi connectivity index (χ1v) is 3.70. The molecule has 0 aliphatic carbocycles. The van der Waals surface area contributed by atoms with Crippen molar-refractivity contribution in [1.29, 1.82) is 0 Å². The van der Waals surface area contributed by atoms with E-state index in [1.807, 2.05) is 13.8 Å². The van der Waals surface area contributed by atoms with E-state index in [1.54, 1.807) is 0 Å². The summed E-state index contributed by atoms with van der Waals surface area (Å²) in [6.45, 7) is 3.74. The van der Waals surface area contributed by atoms with Crippen LogP contribution in [-0.2, 0) is 0 Å². The average Bonchev–Trinajstić information content (AvgIpc) is 1.81. The van der Waals surface area contributed by atoms with E-state index in [-0.39, 0.29) is 12.1 Å². The minimum atomic E-state index is -0.106. The van der Waals surface area contributed by atoms with E-state index in [1.165, 1.54) is 0 Å². The molecule has 8 N–H and O–H groups in total.